The molecule has 0 aromatic heterocycles. The zero-order chi connectivity index (χ0) is 12.7. The molecule has 0 aromatic rings. The molecule has 1 rings (SSSR count). The van der Waals surface area contributed by atoms with Gasteiger partial charge in [-0.2, -0.15) is 0 Å². The first-order chi connectivity index (χ1) is 8.19. The maximum Gasteiger partial charge on any atom is 0.229 e. The van der Waals surface area contributed by atoms with Crippen LogP contribution in [0.4, 0.5) is 0 Å². The highest BCUT2D eigenvalue weighted by atomic mass is 31.1. The van der Waals surface area contributed by atoms with E-state index in [1.807, 2.05) is 0 Å². The Kier molecular flexibility index (Phi) is 7.06. The number of carbonyl (C=O) groups is 1. The van der Waals surface area contributed by atoms with Gasteiger partial charge in [-0.25, -0.2) is 0 Å². The number of hydrogen-bond acceptors (Lipinski definition) is 2. The summed E-state index contributed by atoms with van der Waals surface area (Å²) in [6, 6.07) is 0. The van der Waals surface area contributed by atoms with Crippen molar-refractivity contribution >= 4 is 14.5 Å². The van der Waals surface area contributed by atoms with Gasteiger partial charge in [-0.05, 0) is 20.1 Å². The van der Waals surface area contributed by atoms with Crippen molar-refractivity contribution in [3.05, 3.63) is 0 Å². The molecule has 1 saturated heterocycles. The van der Waals surface area contributed by atoms with Crippen molar-refractivity contribution in [2.45, 2.75) is 38.3 Å². The van der Waals surface area contributed by atoms with Gasteiger partial charge in [-0.1, -0.05) is 26.2 Å². The first-order valence-electron chi connectivity index (χ1n) is 6.83. The quantitative estimate of drug-likeness (QED) is 0.537. The lowest BCUT2D eigenvalue weighted by atomic mass is 10.1. The molecule has 3 nitrogen and oxygen atoms in total. The largest absolute Gasteiger partial charge is 0.340 e. The fraction of sp³-hybridized carbons (Fsp3) is 0.923. The lowest BCUT2D eigenvalue weighted by Gasteiger charge is -2.34. The molecule has 2 unspecified atom stereocenters. The van der Waals surface area contributed by atoms with Gasteiger partial charge < -0.3 is 9.80 Å². The van der Waals surface area contributed by atoms with Gasteiger partial charge in [0.25, 0.3) is 0 Å². The van der Waals surface area contributed by atoms with E-state index in [1.165, 1.54) is 19.3 Å². The third-order valence-electron chi connectivity index (χ3n) is 3.56. The normalized spacial score (nSPS) is 20.1. The van der Waals surface area contributed by atoms with Crippen molar-refractivity contribution in [3.63, 3.8) is 0 Å². The van der Waals surface area contributed by atoms with E-state index in [4.69, 9.17) is 0 Å². The molecule has 4 heteroatoms. The van der Waals surface area contributed by atoms with E-state index >= 15 is 0 Å². The van der Waals surface area contributed by atoms with Crippen LogP contribution in [-0.2, 0) is 4.79 Å². The van der Waals surface area contributed by atoms with Gasteiger partial charge in [0.15, 0.2) is 0 Å². The molecule has 2 atom stereocenters. The first kappa shape index (κ1) is 14.9. The average molecular weight is 258 g/mol. The molecular formula is C13H27N2OP. The molecule has 0 aromatic carbocycles. The van der Waals surface area contributed by atoms with Crippen LogP contribution in [0, 0.1) is 0 Å². The molecule has 1 amide bonds. The second-order valence-electron chi connectivity index (χ2n) is 4.97. The van der Waals surface area contributed by atoms with E-state index in [0.29, 0.717) is 11.6 Å². The summed E-state index contributed by atoms with van der Waals surface area (Å²) in [4.78, 5) is 16.7. The lowest BCUT2D eigenvalue weighted by molar-refractivity contribution is -0.132. The highest BCUT2D eigenvalue weighted by Crippen LogP contribution is 2.23. The Morgan fingerprint density at radius 1 is 1.24 bits per heavy atom. The number of nitrogens with zero attached hydrogens (tertiary/aromatic N) is 2. The highest BCUT2D eigenvalue weighted by molar-refractivity contribution is 7.39. The van der Waals surface area contributed by atoms with Crippen molar-refractivity contribution < 1.29 is 4.79 Å². The molecule has 1 aliphatic rings. The van der Waals surface area contributed by atoms with Gasteiger partial charge in [0.2, 0.25) is 5.91 Å². The number of hydrogen-bond donors (Lipinski definition) is 0. The highest BCUT2D eigenvalue weighted by Gasteiger charge is 2.24. The molecule has 1 fully saturated rings. The SMILES string of the molecule is CCCCCC(PC)C(=O)N1CCN(C)CC1. The number of likely N-dealkylation sites (N-methyl/N-ethyl adjacent to an activating group) is 1. The molecule has 0 N–H and O–H groups in total. The second kappa shape index (κ2) is 8.05. The van der Waals surface area contributed by atoms with E-state index in [-0.39, 0.29) is 0 Å². The Morgan fingerprint density at radius 3 is 2.41 bits per heavy atom. The second-order valence-corrected chi connectivity index (χ2v) is 6.24. The summed E-state index contributed by atoms with van der Waals surface area (Å²) in [6.45, 7) is 8.28. The van der Waals surface area contributed by atoms with Gasteiger partial charge in [-0.3, -0.25) is 4.79 Å². The summed E-state index contributed by atoms with van der Waals surface area (Å²) in [5.41, 5.74) is 0.296. The molecule has 0 bridgehead atoms. The van der Waals surface area contributed by atoms with E-state index < -0.39 is 0 Å². The van der Waals surface area contributed by atoms with Gasteiger partial charge in [-0.15, -0.1) is 8.58 Å². The molecule has 0 radical (unpaired) electrons. The fourth-order valence-corrected chi connectivity index (χ4v) is 3.16. The smallest absolute Gasteiger partial charge is 0.229 e. The summed E-state index contributed by atoms with van der Waals surface area (Å²) in [6.07, 6.45) is 4.80. The van der Waals surface area contributed by atoms with Gasteiger partial charge >= 0.3 is 0 Å². The standard InChI is InChI=1S/C13H27N2OP/c1-4-5-6-7-12(17-3)13(16)15-10-8-14(2)9-11-15/h12,17H,4-11H2,1-3H3. The van der Waals surface area contributed by atoms with Crippen molar-refractivity contribution in [1.82, 2.24) is 9.80 Å². The number of rotatable bonds is 6. The van der Waals surface area contributed by atoms with Crippen LogP contribution in [0.3, 0.4) is 0 Å². The van der Waals surface area contributed by atoms with E-state index in [0.717, 1.165) is 41.2 Å². The van der Waals surface area contributed by atoms with E-state index in [2.05, 4.69) is 30.4 Å². The van der Waals surface area contributed by atoms with Crippen LogP contribution in [-0.4, -0.2) is 61.3 Å². The molecule has 0 aliphatic carbocycles. The third-order valence-corrected chi connectivity index (χ3v) is 4.79. The molecule has 0 saturated carbocycles. The first-order valence-corrected chi connectivity index (χ1v) is 8.41. The van der Waals surface area contributed by atoms with Crippen molar-refractivity contribution in [1.29, 1.82) is 0 Å². The molecular weight excluding hydrogens is 231 g/mol. The predicted molar refractivity (Wildman–Crippen MR) is 76.2 cm³/mol. The van der Waals surface area contributed by atoms with Gasteiger partial charge in [0, 0.05) is 26.2 Å². The van der Waals surface area contributed by atoms with Gasteiger partial charge in [0.05, 0.1) is 5.66 Å². The zero-order valence-corrected chi connectivity index (χ0v) is 12.5. The number of unbranched alkanes of at least 4 members (excludes halogenated alkanes) is 2. The van der Waals surface area contributed by atoms with Crippen LogP contribution in [0.2, 0.25) is 0 Å². The molecule has 1 heterocycles. The maximum absolute atomic E-state index is 12.3. The summed E-state index contributed by atoms with van der Waals surface area (Å²) < 4.78 is 0. The average Bonchev–Trinajstić information content (AvgIpc) is 2.35. The number of carbonyl (C=O) groups excluding carboxylic acids is 1. The van der Waals surface area contributed by atoms with Gasteiger partial charge in [0.1, 0.15) is 0 Å². The zero-order valence-electron chi connectivity index (χ0n) is 11.5. The predicted octanol–water partition coefficient (Wildman–Crippen LogP) is 2.02. The third kappa shape index (κ3) is 4.93. The maximum atomic E-state index is 12.3. The van der Waals surface area contributed by atoms with Crippen LogP contribution in [0.5, 0.6) is 0 Å². The Morgan fingerprint density at radius 2 is 1.88 bits per heavy atom. The minimum atomic E-state index is 0.296. The topological polar surface area (TPSA) is 23.6 Å². The minimum Gasteiger partial charge on any atom is -0.340 e. The Labute approximate surface area is 108 Å². The molecule has 100 valence electrons. The Bertz CT molecular complexity index is 227. The summed E-state index contributed by atoms with van der Waals surface area (Å²) in [5.74, 6) is 0.412. The van der Waals surface area contributed by atoms with E-state index in [1.54, 1.807) is 0 Å². The lowest BCUT2D eigenvalue weighted by Crippen LogP contribution is -2.49. The number of piperazine rings is 1. The monoisotopic (exact) mass is 258 g/mol. The molecule has 0 spiro atoms. The van der Waals surface area contributed by atoms with E-state index in [9.17, 15) is 4.79 Å². The number of amides is 1. The van der Waals surface area contributed by atoms with Crippen molar-refractivity contribution in [3.8, 4) is 0 Å². The van der Waals surface area contributed by atoms with Crippen LogP contribution in [0.15, 0.2) is 0 Å². The fourth-order valence-electron chi connectivity index (χ4n) is 2.24. The van der Waals surface area contributed by atoms with Crippen LogP contribution < -0.4 is 0 Å². The van der Waals surface area contributed by atoms with Crippen LogP contribution >= 0.6 is 8.58 Å². The summed E-state index contributed by atoms with van der Waals surface area (Å²) >= 11 is 0. The molecule has 17 heavy (non-hydrogen) atoms. The summed E-state index contributed by atoms with van der Waals surface area (Å²) in [5, 5.41) is 0. The van der Waals surface area contributed by atoms with Crippen LogP contribution in [0.1, 0.15) is 32.6 Å². The van der Waals surface area contributed by atoms with Crippen LogP contribution in [0.25, 0.3) is 0 Å². The summed E-state index contributed by atoms with van der Waals surface area (Å²) in [7, 11) is 2.88. The Hall–Kier alpha value is -0.140. The Balaban J connectivity index is 2.37. The van der Waals surface area contributed by atoms with Crippen molar-refractivity contribution in [2.75, 3.05) is 39.9 Å². The minimum absolute atomic E-state index is 0.296. The molecule has 1 aliphatic heterocycles. The van der Waals surface area contributed by atoms with Crippen molar-refractivity contribution in [2.24, 2.45) is 0 Å².